The van der Waals surface area contributed by atoms with Crippen molar-refractivity contribution in [3.8, 4) is 17.0 Å². The maximum absolute atomic E-state index is 11.6. The van der Waals surface area contributed by atoms with Gasteiger partial charge in [0, 0.05) is 62.9 Å². The summed E-state index contributed by atoms with van der Waals surface area (Å²) in [6.45, 7) is 6.55. The number of carbonyl (C=O) groups excluding carboxylic acids is 1. The molecule has 57 heavy (non-hydrogen) atoms. The number of para-hydroxylation sites is 1. The monoisotopic (exact) mass is 819 g/mol. The van der Waals surface area contributed by atoms with Gasteiger partial charge in [-0.05, 0) is 73.3 Å². The van der Waals surface area contributed by atoms with Crippen LogP contribution in [0.3, 0.4) is 0 Å². The number of halogens is 2. The van der Waals surface area contributed by atoms with Crippen LogP contribution in [0.4, 0.5) is 11.4 Å². The van der Waals surface area contributed by atoms with E-state index in [1.54, 1.807) is 16.8 Å². The number of benzene rings is 5. The molecule has 0 radical (unpaired) electrons. The van der Waals surface area contributed by atoms with Crippen molar-refractivity contribution in [2.75, 3.05) is 22.6 Å². The lowest BCUT2D eigenvalue weighted by Crippen LogP contribution is -2.36. The lowest BCUT2D eigenvalue weighted by Gasteiger charge is -2.13. The average Bonchev–Trinajstić information content (AvgIpc) is 3.84. The first-order valence-electron chi connectivity index (χ1n) is 18.4. The van der Waals surface area contributed by atoms with Crippen LogP contribution in [0.2, 0.25) is 10.0 Å². The van der Waals surface area contributed by atoms with Crippen molar-refractivity contribution in [3.63, 3.8) is 0 Å². The zero-order valence-corrected chi connectivity index (χ0v) is 33.9. The molecule has 0 aliphatic carbocycles. The third-order valence-corrected chi connectivity index (χ3v) is 10.7. The summed E-state index contributed by atoms with van der Waals surface area (Å²) in [5.41, 5.74) is 22.3. The van der Waals surface area contributed by atoms with E-state index in [1.165, 1.54) is 46.1 Å². The Labute approximate surface area is 344 Å². The van der Waals surface area contributed by atoms with Gasteiger partial charge in [-0.1, -0.05) is 89.5 Å². The first-order chi connectivity index (χ1) is 27.6. The maximum Gasteiger partial charge on any atom is 0.235 e. The molecular weight excluding hydrogens is 779 g/mol. The molecule has 1 amide bonds. The molecule has 8 rings (SSSR count). The highest BCUT2D eigenvalue weighted by atomic mass is 35.5. The highest BCUT2D eigenvalue weighted by molar-refractivity contribution is 7.99. The Morgan fingerprint density at radius 2 is 1.65 bits per heavy atom. The van der Waals surface area contributed by atoms with Crippen LogP contribution in [-0.4, -0.2) is 32.2 Å². The lowest BCUT2D eigenvalue weighted by atomic mass is 9.98. The Balaban J connectivity index is 0.000000183. The first-order valence-corrected chi connectivity index (χ1v) is 20.1. The molecule has 11 nitrogen and oxygen atoms in total. The van der Waals surface area contributed by atoms with Crippen LogP contribution in [-0.2, 0) is 22.8 Å². The Hall–Kier alpha value is -5.82. The molecule has 2 aromatic heterocycles. The minimum Gasteiger partial charge on any atom is -0.485 e. The summed E-state index contributed by atoms with van der Waals surface area (Å²) in [6, 6.07) is 35.6. The minimum atomic E-state index is -0.311. The number of ether oxygens (including phenoxy) is 1. The highest BCUT2D eigenvalue weighted by Crippen LogP contribution is 2.37. The third-order valence-electron chi connectivity index (χ3n) is 9.31. The molecule has 0 saturated carbocycles. The zero-order chi connectivity index (χ0) is 40.1. The van der Waals surface area contributed by atoms with Crippen LogP contribution in [0, 0.1) is 0 Å². The number of hydrogen-bond acceptors (Lipinski definition) is 9. The Morgan fingerprint density at radius 3 is 2.39 bits per heavy atom. The number of amides is 1. The fourth-order valence-electron chi connectivity index (χ4n) is 6.82. The van der Waals surface area contributed by atoms with E-state index in [1.807, 2.05) is 55.5 Å². The van der Waals surface area contributed by atoms with Crippen molar-refractivity contribution < 1.29 is 18.9 Å². The minimum absolute atomic E-state index is 0.106. The summed E-state index contributed by atoms with van der Waals surface area (Å²) in [7, 11) is 0. The molecule has 1 unspecified atom stereocenters. The predicted octanol–water partition coefficient (Wildman–Crippen LogP) is 9.36. The molecule has 5 aromatic carbocycles. The molecule has 7 aromatic rings. The van der Waals surface area contributed by atoms with Crippen LogP contribution < -0.4 is 26.2 Å². The Bertz CT molecular complexity index is 2620. The molecule has 5 N–H and O–H groups in total. The second kappa shape index (κ2) is 17.5. The van der Waals surface area contributed by atoms with Crippen molar-refractivity contribution in [1.29, 1.82) is 0 Å². The molecule has 0 saturated heterocycles. The number of aryl methyl sites for hydroxylation is 1. The molecule has 0 fully saturated rings. The number of rotatable bonds is 10. The predicted molar refractivity (Wildman–Crippen MR) is 230 cm³/mol. The average molecular weight is 821 g/mol. The third kappa shape index (κ3) is 8.63. The summed E-state index contributed by atoms with van der Waals surface area (Å²) in [4.78, 5) is 17.3. The maximum atomic E-state index is 11.6. The van der Waals surface area contributed by atoms with Gasteiger partial charge in [0.05, 0.1) is 16.5 Å². The molecule has 3 heterocycles. The largest absolute Gasteiger partial charge is 0.485 e. The van der Waals surface area contributed by atoms with Gasteiger partial charge in [0.25, 0.3) is 0 Å². The fraction of sp³-hybridized carbons (Fsp3) is 0.186. The standard InChI is InChI=1S/C22H21Cl2N5O3S.C21H19N3/c1-3-33-22-26-25-21(29(22)27-13(2)30)12-31-19-7-5-4-6-16(19)18-11-20(32-28-18)15-9-8-14(23)10-17(15)24;1-2-24-20-13-16(23)9-11-18(20)17-10-8-15(22)12-19(17)21(24)14-6-4-3-5-7-14/h4-10,20H,3,11-12H2,1-2H3,(H,27,30);3-13,23H,2,22H2,1H3/p+1. The summed E-state index contributed by atoms with van der Waals surface area (Å²) in [6.07, 6.45) is 0.218. The molecule has 14 heteroatoms. The number of anilines is 2. The SMILES string of the molecule is CCSc1nnc(COc2ccccc2C2=NOC(c3ccc(Cl)cc3Cl)C2)n1NC(C)=O.CC[n+]1c(-c2ccccc2)c2cc(N)ccc2c2ccc(N)cc21. The highest BCUT2D eigenvalue weighted by Gasteiger charge is 2.28. The summed E-state index contributed by atoms with van der Waals surface area (Å²) >= 11 is 13.8. The summed E-state index contributed by atoms with van der Waals surface area (Å²) in [5, 5.41) is 17.8. The van der Waals surface area contributed by atoms with Gasteiger partial charge in [-0.2, -0.15) is 4.57 Å². The van der Waals surface area contributed by atoms with Crippen molar-refractivity contribution >= 4 is 79.6 Å². The van der Waals surface area contributed by atoms with Gasteiger partial charge in [0.15, 0.2) is 11.9 Å². The van der Waals surface area contributed by atoms with Gasteiger partial charge in [0.1, 0.15) is 18.9 Å². The molecule has 1 aliphatic heterocycles. The zero-order valence-electron chi connectivity index (χ0n) is 31.6. The van der Waals surface area contributed by atoms with Crippen LogP contribution >= 0.6 is 35.0 Å². The molecule has 290 valence electrons. The number of carbonyl (C=O) groups is 1. The molecule has 1 aliphatic rings. The molecular formula is C43H41Cl2N8O3S+. The fourth-order valence-corrected chi connectivity index (χ4v) is 7.99. The quantitative estimate of drug-likeness (QED) is 0.0536. The van der Waals surface area contributed by atoms with Crippen molar-refractivity contribution in [2.45, 2.75) is 51.6 Å². The van der Waals surface area contributed by atoms with Crippen molar-refractivity contribution in [3.05, 3.63) is 136 Å². The van der Waals surface area contributed by atoms with E-state index in [4.69, 9.17) is 44.2 Å². The molecule has 1 atom stereocenters. The number of fused-ring (bicyclic) bond motifs is 3. The Morgan fingerprint density at radius 1 is 0.912 bits per heavy atom. The number of hydrogen-bond donors (Lipinski definition) is 3. The summed E-state index contributed by atoms with van der Waals surface area (Å²) in [5.74, 6) is 1.66. The number of pyridine rings is 1. The van der Waals surface area contributed by atoms with Crippen molar-refractivity contribution in [2.24, 2.45) is 5.16 Å². The number of nitrogens with zero attached hydrogens (tertiary/aromatic N) is 5. The van der Waals surface area contributed by atoms with Crippen LogP contribution in [0.1, 0.15) is 50.2 Å². The van der Waals surface area contributed by atoms with E-state index in [0.29, 0.717) is 33.2 Å². The molecule has 0 bridgehead atoms. The van der Waals surface area contributed by atoms with E-state index in [-0.39, 0.29) is 18.6 Å². The van der Waals surface area contributed by atoms with Crippen LogP contribution in [0.15, 0.2) is 120 Å². The van der Waals surface area contributed by atoms with Gasteiger partial charge >= 0.3 is 0 Å². The molecule has 0 spiro atoms. The van der Waals surface area contributed by atoms with Gasteiger partial charge in [0.2, 0.25) is 22.3 Å². The number of aromatic nitrogens is 4. The number of nitrogens with one attached hydrogen (secondary N) is 1. The van der Waals surface area contributed by atoms with Crippen LogP contribution in [0.5, 0.6) is 5.75 Å². The van der Waals surface area contributed by atoms with Gasteiger partial charge in [-0.25, -0.2) is 4.68 Å². The normalized spacial score (nSPS) is 13.5. The Kier molecular flexibility index (Phi) is 12.1. The van der Waals surface area contributed by atoms with Gasteiger partial charge < -0.3 is 21.0 Å². The van der Waals surface area contributed by atoms with E-state index in [0.717, 1.165) is 46.0 Å². The van der Waals surface area contributed by atoms with E-state index in [2.05, 4.69) is 80.8 Å². The van der Waals surface area contributed by atoms with Crippen molar-refractivity contribution in [1.82, 2.24) is 14.9 Å². The summed E-state index contributed by atoms with van der Waals surface area (Å²) < 4.78 is 9.94. The topological polar surface area (TPSA) is 147 Å². The number of nitrogen functional groups attached to an aromatic ring is 2. The van der Waals surface area contributed by atoms with E-state index < -0.39 is 0 Å². The smallest absolute Gasteiger partial charge is 0.235 e. The van der Waals surface area contributed by atoms with E-state index >= 15 is 0 Å². The van der Waals surface area contributed by atoms with Crippen LogP contribution in [0.25, 0.3) is 32.9 Å². The second-order valence-electron chi connectivity index (χ2n) is 13.2. The first kappa shape index (κ1) is 39.4. The number of oxime groups is 1. The van der Waals surface area contributed by atoms with Gasteiger partial charge in [-0.15, -0.1) is 10.2 Å². The number of nitrogens with two attached hydrogens (primary N) is 2. The van der Waals surface area contributed by atoms with E-state index in [9.17, 15) is 4.79 Å². The second-order valence-corrected chi connectivity index (χ2v) is 15.2. The number of thioether (sulfide) groups is 1. The van der Waals surface area contributed by atoms with Gasteiger partial charge in [-0.3, -0.25) is 10.2 Å². The lowest BCUT2D eigenvalue weighted by molar-refractivity contribution is -0.655.